The predicted molar refractivity (Wildman–Crippen MR) is 120 cm³/mol. The third-order valence-electron chi connectivity index (χ3n) is 6.11. The van der Waals surface area contributed by atoms with Crippen LogP contribution in [0.15, 0.2) is 66.7 Å². The topological polar surface area (TPSA) is 18.5 Å². The fourth-order valence-electron chi connectivity index (χ4n) is 3.65. The van der Waals surface area contributed by atoms with Gasteiger partial charge >= 0.3 is 7.12 Å². The Morgan fingerprint density at radius 2 is 1.32 bits per heavy atom. The molecule has 0 saturated carbocycles. The van der Waals surface area contributed by atoms with Gasteiger partial charge in [-0.3, -0.25) is 0 Å². The van der Waals surface area contributed by atoms with E-state index in [1.807, 2.05) is 11.3 Å². The zero-order valence-corrected chi connectivity index (χ0v) is 17.5. The number of fused-ring (bicyclic) bond motifs is 2. The van der Waals surface area contributed by atoms with Crippen molar-refractivity contribution in [1.29, 1.82) is 0 Å². The second kappa shape index (κ2) is 6.18. The Morgan fingerprint density at radius 1 is 0.714 bits per heavy atom. The second-order valence-corrected chi connectivity index (χ2v) is 9.64. The van der Waals surface area contributed by atoms with Gasteiger partial charge in [0.2, 0.25) is 0 Å². The van der Waals surface area contributed by atoms with E-state index >= 15 is 0 Å². The summed E-state index contributed by atoms with van der Waals surface area (Å²) in [6.45, 7) is 8.34. The fourth-order valence-corrected chi connectivity index (χ4v) is 4.75. The lowest BCUT2D eigenvalue weighted by Crippen LogP contribution is -2.41. The van der Waals surface area contributed by atoms with Crippen molar-refractivity contribution >= 4 is 44.8 Å². The predicted octanol–water partition coefficient (Wildman–Crippen LogP) is 6.02. The van der Waals surface area contributed by atoms with Crippen molar-refractivity contribution in [2.45, 2.75) is 38.9 Å². The molecule has 1 aliphatic rings. The van der Waals surface area contributed by atoms with Crippen molar-refractivity contribution in [3.05, 3.63) is 66.7 Å². The molecule has 28 heavy (non-hydrogen) atoms. The van der Waals surface area contributed by atoms with E-state index in [2.05, 4.69) is 94.4 Å². The standard InChI is InChI=1S/C24H23BO2S/c1-23(2)24(3,4)27-25(26-23)20-11-9-16(10-12-20)21-15-19-13-17-7-5-6-8-18(17)14-22(19)28-21/h5-15H,1-4H3. The lowest BCUT2D eigenvalue weighted by Gasteiger charge is -2.32. The molecule has 0 radical (unpaired) electrons. The molecule has 5 rings (SSSR count). The molecule has 0 bridgehead atoms. The zero-order valence-electron chi connectivity index (χ0n) is 16.7. The maximum atomic E-state index is 6.17. The van der Waals surface area contributed by atoms with Gasteiger partial charge in [-0.2, -0.15) is 0 Å². The molecule has 4 heteroatoms. The van der Waals surface area contributed by atoms with Crippen molar-refractivity contribution in [2.24, 2.45) is 0 Å². The highest BCUT2D eigenvalue weighted by Crippen LogP contribution is 2.38. The molecule has 1 aliphatic heterocycles. The van der Waals surface area contributed by atoms with E-state index in [9.17, 15) is 0 Å². The van der Waals surface area contributed by atoms with Crippen LogP contribution in [-0.4, -0.2) is 18.3 Å². The Bertz CT molecular complexity index is 1110. The summed E-state index contributed by atoms with van der Waals surface area (Å²) in [4.78, 5) is 1.28. The maximum absolute atomic E-state index is 6.17. The van der Waals surface area contributed by atoms with Crippen LogP contribution in [0.3, 0.4) is 0 Å². The Labute approximate surface area is 170 Å². The largest absolute Gasteiger partial charge is 0.494 e. The molecule has 0 unspecified atom stereocenters. The van der Waals surface area contributed by atoms with Crippen LogP contribution in [0, 0.1) is 0 Å². The van der Waals surface area contributed by atoms with Gasteiger partial charge in [0.05, 0.1) is 11.2 Å². The van der Waals surface area contributed by atoms with Gasteiger partial charge in [-0.1, -0.05) is 48.5 Å². The van der Waals surface area contributed by atoms with Crippen LogP contribution in [0.4, 0.5) is 0 Å². The van der Waals surface area contributed by atoms with E-state index in [1.54, 1.807) is 0 Å². The minimum absolute atomic E-state index is 0.313. The number of hydrogen-bond donors (Lipinski definition) is 0. The van der Waals surface area contributed by atoms with Crippen LogP contribution in [0.2, 0.25) is 0 Å². The summed E-state index contributed by atoms with van der Waals surface area (Å²) in [5.74, 6) is 0. The molecule has 0 aliphatic carbocycles. The fraction of sp³-hybridized carbons (Fsp3) is 0.250. The van der Waals surface area contributed by atoms with Gasteiger partial charge in [0.15, 0.2) is 0 Å². The Kier molecular flexibility index (Phi) is 3.96. The molecular weight excluding hydrogens is 363 g/mol. The van der Waals surface area contributed by atoms with Crippen LogP contribution < -0.4 is 5.46 Å². The second-order valence-electron chi connectivity index (χ2n) is 8.56. The lowest BCUT2D eigenvalue weighted by molar-refractivity contribution is 0.00578. The quantitative estimate of drug-likeness (QED) is 0.392. The SMILES string of the molecule is CC1(C)OB(c2ccc(-c3cc4cc5ccccc5cc4s3)cc2)OC1(C)C. The van der Waals surface area contributed by atoms with Crippen molar-refractivity contribution in [3.8, 4) is 10.4 Å². The summed E-state index contributed by atoms with van der Waals surface area (Å²) >= 11 is 1.84. The minimum atomic E-state index is -0.316. The summed E-state index contributed by atoms with van der Waals surface area (Å²) in [5, 5.41) is 3.88. The number of rotatable bonds is 2. The summed E-state index contributed by atoms with van der Waals surface area (Å²) in [7, 11) is -0.313. The van der Waals surface area contributed by atoms with Crippen molar-refractivity contribution in [2.75, 3.05) is 0 Å². The Morgan fingerprint density at radius 3 is 1.96 bits per heavy atom. The van der Waals surface area contributed by atoms with E-state index < -0.39 is 0 Å². The average Bonchev–Trinajstić information content (AvgIpc) is 3.17. The summed E-state index contributed by atoms with van der Waals surface area (Å²) in [5.41, 5.74) is 1.66. The van der Waals surface area contributed by atoms with Crippen LogP contribution in [0.5, 0.6) is 0 Å². The van der Waals surface area contributed by atoms with Crippen molar-refractivity contribution in [1.82, 2.24) is 0 Å². The molecule has 0 atom stereocenters. The molecular formula is C24H23BO2S. The molecule has 140 valence electrons. The van der Waals surface area contributed by atoms with Gasteiger partial charge in [-0.25, -0.2) is 0 Å². The Balaban J connectivity index is 1.47. The smallest absolute Gasteiger partial charge is 0.399 e. The molecule has 1 saturated heterocycles. The monoisotopic (exact) mass is 386 g/mol. The third-order valence-corrected chi connectivity index (χ3v) is 7.25. The minimum Gasteiger partial charge on any atom is -0.399 e. The first-order chi connectivity index (χ1) is 13.3. The number of benzene rings is 3. The van der Waals surface area contributed by atoms with Gasteiger partial charge in [-0.05, 0) is 73.1 Å². The summed E-state index contributed by atoms with van der Waals surface area (Å²) in [6, 6.07) is 24.0. The van der Waals surface area contributed by atoms with Gasteiger partial charge < -0.3 is 9.31 Å². The first-order valence-electron chi connectivity index (χ1n) is 9.71. The van der Waals surface area contributed by atoms with Crippen LogP contribution >= 0.6 is 11.3 Å². The number of hydrogen-bond acceptors (Lipinski definition) is 3. The highest BCUT2D eigenvalue weighted by atomic mass is 32.1. The van der Waals surface area contributed by atoms with Gasteiger partial charge in [0, 0.05) is 9.58 Å². The van der Waals surface area contributed by atoms with Crippen LogP contribution in [0.1, 0.15) is 27.7 Å². The summed E-state index contributed by atoms with van der Waals surface area (Å²) < 4.78 is 13.7. The molecule has 2 heterocycles. The van der Waals surface area contributed by atoms with Crippen molar-refractivity contribution in [3.63, 3.8) is 0 Å². The highest BCUT2D eigenvalue weighted by molar-refractivity contribution is 7.22. The molecule has 0 spiro atoms. The molecule has 3 aromatic carbocycles. The molecule has 0 N–H and O–H groups in total. The summed E-state index contributed by atoms with van der Waals surface area (Å²) in [6.07, 6.45) is 0. The lowest BCUT2D eigenvalue weighted by atomic mass is 9.79. The van der Waals surface area contributed by atoms with E-state index in [0.29, 0.717) is 0 Å². The highest BCUT2D eigenvalue weighted by Gasteiger charge is 2.51. The van der Waals surface area contributed by atoms with E-state index in [1.165, 1.54) is 31.3 Å². The molecule has 2 nitrogen and oxygen atoms in total. The van der Waals surface area contributed by atoms with E-state index in [-0.39, 0.29) is 18.3 Å². The van der Waals surface area contributed by atoms with Gasteiger partial charge in [0.1, 0.15) is 0 Å². The first kappa shape index (κ1) is 17.9. The van der Waals surface area contributed by atoms with Crippen molar-refractivity contribution < 1.29 is 9.31 Å². The van der Waals surface area contributed by atoms with Gasteiger partial charge in [0.25, 0.3) is 0 Å². The van der Waals surface area contributed by atoms with E-state index in [0.717, 1.165) is 5.46 Å². The average molecular weight is 386 g/mol. The Hall–Kier alpha value is -2.14. The normalized spacial score (nSPS) is 18.2. The molecule has 1 fully saturated rings. The van der Waals surface area contributed by atoms with E-state index in [4.69, 9.17) is 9.31 Å². The zero-order chi connectivity index (χ0) is 19.5. The van der Waals surface area contributed by atoms with Gasteiger partial charge in [-0.15, -0.1) is 11.3 Å². The molecule has 1 aromatic heterocycles. The van der Waals surface area contributed by atoms with Crippen LogP contribution in [-0.2, 0) is 9.31 Å². The third kappa shape index (κ3) is 2.88. The molecule has 0 amide bonds. The first-order valence-corrected chi connectivity index (χ1v) is 10.5. The molecule has 4 aromatic rings. The maximum Gasteiger partial charge on any atom is 0.494 e. The number of thiophene rings is 1. The van der Waals surface area contributed by atoms with Crippen LogP contribution in [0.25, 0.3) is 31.3 Å².